The van der Waals surface area contributed by atoms with Crippen LogP contribution in [0.4, 0.5) is 0 Å². The summed E-state index contributed by atoms with van der Waals surface area (Å²) in [7, 11) is 0. The zero-order valence-corrected chi connectivity index (χ0v) is 38.2. The summed E-state index contributed by atoms with van der Waals surface area (Å²) >= 11 is 5.81. The number of hydrogen-bond acceptors (Lipinski definition) is 7. The lowest BCUT2D eigenvalue weighted by Crippen LogP contribution is -1.86. The molecule has 0 aliphatic rings. The van der Waals surface area contributed by atoms with Gasteiger partial charge in [0.05, 0.1) is 11.4 Å². The fraction of sp³-hybridized carbons (Fsp3) is 0.314. The zero-order chi connectivity index (χ0) is 43.6. The summed E-state index contributed by atoms with van der Waals surface area (Å²) in [4.78, 5) is 20.3. The molecule has 0 bridgehead atoms. The second kappa shape index (κ2) is 29.5. The van der Waals surface area contributed by atoms with E-state index in [0.29, 0.717) is 0 Å². The highest BCUT2D eigenvalue weighted by molar-refractivity contribution is 6.31. The van der Waals surface area contributed by atoms with Gasteiger partial charge in [-0.15, -0.1) is 0 Å². The number of benzene rings is 2. The molecule has 8 heteroatoms. The standard InChI is InChI=1S/C8H9Cl.C8H11N.C8H10.2C7H9N.2C6H8N2.CH4/c1-6-3-4-7(2)8(9)5-6;1-6-4-7(2)8(3)9-5-6;1-7-3-5-8(2)6-4-7;2*1-6-3-4-7(2)8-5-6;1-5-3-7-6(2)8-4-5;1-5-3-4-6(2)8-7-5;/h3-5H,1-2H3;4-5H,1-3H3;3-6H,1-2H3;2*3-5H,1-2H3;2*3-4H,1-2H3;1H4. The van der Waals surface area contributed by atoms with Crippen molar-refractivity contribution in [3.05, 3.63) is 205 Å². The van der Waals surface area contributed by atoms with Crippen molar-refractivity contribution in [2.24, 2.45) is 0 Å². The highest BCUT2D eigenvalue weighted by Crippen LogP contribution is 2.15. The first-order valence-electron chi connectivity index (χ1n) is 19.3. The first kappa shape index (κ1) is 53.3. The van der Waals surface area contributed by atoms with Gasteiger partial charge >= 0.3 is 0 Å². The van der Waals surface area contributed by atoms with E-state index in [2.05, 4.69) is 111 Å². The Kier molecular flexibility index (Phi) is 26.7. The largest absolute Gasteiger partial charge is 0.261 e. The lowest BCUT2D eigenvalue weighted by molar-refractivity contribution is 0.941. The number of aromatic nitrogens is 7. The minimum atomic E-state index is 0. The van der Waals surface area contributed by atoms with Gasteiger partial charge in [-0.3, -0.25) is 15.0 Å². The molecule has 7 rings (SSSR count). The van der Waals surface area contributed by atoms with E-state index < -0.39 is 0 Å². The van der Waals surface area contributed by atoms with Crippen LogP contribution in [0.3, 0.4) is 0 Å². The highest BCUT2D eigenvalue weighted by Gasteiger charge is 1.92. The van der Waals surface area contributed by atoms with E-state index in [1.165, 1.54) is 38.9 Å². The molecule has 59 heavy (non-hydrogen) atoms. The van der Waals surface area contributed by atoms with Crippen LogP contribution in [0.25, 0.3) is 0 Å². The maximum Gasteiger partial charge on any atom is 0.125 e. The number of hydrogen-bond donors (Lipinski definition) is 0. The molecule has 0 saturated heterocycles. The van der Waals surface area contributed by atoms with Gasteiger partial charge in [-0.05, 0) is 173 Å². The SMILES string of the molecule is C.Cc1ccc(C)c(Cl)c1.Cc1ccc(C)cc1.Cc1ccc(C)nc1.Cc1ccc(C)nc1.Cc1ccc(C)nn1.Cc1cnc(C)c(C)c1.Cc1cnc(C)nc1. The van der Waals surface area contributed by atoms with Gasteiger partial charge in [0.1, 0.15) is 5.82 Å². The summed E-state index contributed by atoms with van der Waals surface area (Å²) in [6.45, 7) is 30.1. The van der Waals surface area contributed by atoms with Crippen molar-refractivity contribution < 1.29 is 0 Å². The summed E-state index contributed by atoms with van der Waals surface area (Å²) in [5.74, 6) is 0.829. The van der Waals surface area contributed by atoms with Gasteiger partial charge in [0, 0.05) is 53.1 Å². The quantitative estimate of drug-likeness (QED) is 0.151. The first-order valence-corrected chi connectivity index (χ1v) is 19.7. The maximum absolute atomic E-state index is 5.81. The van der Waals surface area contributed by atoms with E-state index in [1.807, 2.05) is 144 Å². The van der Waals surface area contributed by atoms with E-state index in [9.17, 15) is 0 Å². The van der Waals surface area contributed by atoms with Crippen LogP contribution in [0.1, 0.15) is 91.8 Å². The third-order valence-electron chi connectivity index (χ3n) is 7.98. The normalized spacial score (nSPS) is 9.22. The maximum atomic E-state index is 5.81. The van der Waals surface area contributed by atoms with Gasteiger partial charge in [0.25, 0.3) is 0 Å². The Bertz CT molecular complexity index is 1740. The molecule has 2 aromatic carbocycles. The summed E-state index contributed by atoms with van der Waals surface area (Å²) in [5, 5.41) is 8.51. The lowest BCUT2D eigenvalue weighted by Gasteiger charge is -1.97. The van der Waals surface area contributed by atoms with Crippen LogP contribution in [0.15, 0.2) is 116 Å². The van der Waals surface area contributed by atoms with Crippen molar-refractivity contribution in [1.82, 2.24) is 35.1 Å². The molecule has 0 unspecified atom stereocenters. The molecule has 0 fully saturated rings. The molecule has 0 atom stereocenters. The minimum Gasteiger partial charge on any atom is -0.261 e. The summed E-state index contributed by atoms with van der Waals surface area (Å²) < 4.78 is 0. The molecule has 5 heterocycles. The van der Waals surface area contributed by atoms with Crippen molar-refractivity contribution in [3.8, 4) is 0 Å². The average Bonchev–Trinajstić information content (AvgIpc) is 3.19. The average molecular weight is 815 g/mol. The molecule has 314 valence electrons. The van der Waals surface area contributed by atoms with Crippen LogP contribution >= 0.6 is 11.6 Å². The lowest BCUT2D eigenvalue weighted by atomic mass is 10.2. The molecular weight excluding hydrogens is 746 g/mol. The second-order valence-electron chi connectivity index (χ2n) is 14.4. The molecule has 5 aromatic heterocycles. The molecule has 0 saturated carbocycles. The Morgan fingerprint density at radius 1 is 0.322 bits per heavy atom. The van der Waals surface area contributed by atoms with Gasteiger partial charge in [-0.2, -0.15) is 10.2 Å². The topological polar surface area (TPSA) is 90.2 Å². The molecular formula is C51H68ClN7. The monoisotopic (exact) mass is 814 g/mol. The van der Waals surface area contributed by atoms with Gasteiger partial charge in [-0.25, -0.2) is 9.97 Å². The molecule has 0 N–H and O–H groups in total. The van der Waals surface area contributed by atoms with E-state index in [-0.39, 0.29) is 7.43 Å². The Morgan fingerprint density at radius 3 is 1.00 bits per heavy atom. The van der Waals surface area contributed by atoms with Gasteiger partial charge in [-0.1, -0.05) is 84.8 Å². The van der Waals surface area contributed by atoms with Gasteiger partial charge in [0.15, 0.2) is 0 Å². The summed E-state index contributed by atoms with van der Waals surface area (Å²) in [6, 6.07) is 28.7. The predicted octanol–water partition coefficient (Wildman–Crippen LogP) is 13.5. The number of rotatable bonds is 0. The van der Waals surface area contributed by atoms with Crippen LogP contribution in [-0.2, 0) is 0 Å². The first-order chi connectivity index (χ1) is 27.3. The Morgan fingerprint density at radius 2 is 0.695 bits per heavy atom. The number of pyridine rings is 3. The van der Waals surface area contributed by atoms with E-state index >= 15 is 0 Å². The van der Waals surface area contributed by atoms with Crippen LogP contribution in [0.2, 0.25) is 5.02 Å². The van der Waals surface area contributed by atoms with E-state index in [4.69, 9.17) is 11.6 Å². The molecule has 7 aromatic rings. The Labute approximate surface area is 361 Å². The van der Waals surface area contributed by atoms with E-state index in [0.717, 1.165) is 50.4 Å². The number of halogens is 1. The highest BCUT2D eigenvalue weighted by atomic mass is 35.5. The fourth-order valence-corrected chi connectivity index (χ4v) is 4.36. The van der Waals surface area contributed by atoms with Crippen LogP contribution < -0.4 is 0 Å². The molecule has 0 aliphatic carbocycles. The zero-order valence-electron chi connectivity index (χ0n) is 37.5. The molecule has 0 spiro atoms. The minimum absolute atomic E-state index is 0. The van der Waals surface area contributed by atoms with Crippen molar-refractivity contribution in [2.45, 2.75) is 111 Å². The van der Waals surface area contributed by atoms with Crippen molar-refractivity contribution >= 4 is 11.6 Å². The van der Waals surface area contributed by atoms with Crippen LogP contribution in [0.5, 0.6) is 0 Å². The second-order valence-corrected chi connectivity index (χ2v) is 14.8. The number of aryl methyl sites for hydroxylation is 15. The van der Waals surface area contributed by atoms with Crippen molar-refractivity contribution in [3.63, 3.8) is 0 Å². The Hall–Kier alpha value is -5.66. The van der Waals surface area contributed by atoms with Crippen LogP contribution in [0, 0.1) is 104 Å². The third-order valence-corrected chi connectivity index (χ3v) is 8.39. The Balaban J connectivity index is 0.000000664. The predicted molar refractivity (Wildman–Crippen MR) is 252 cm³/mol. The summed E-state index contributed by atoms with van der Waals surface area (Å²) in [5.41, 5.74) is 16.3. The summed E-state index contributed by atoms with van der Waals surface area (Å²) in [6.07, 6.45) is 9.25. The molecule has 0 radical (unpaired) electrons. The van der Waals surface area contributed by atoms with Gasteiger partial charge < -0.3 is 0 Å². The molecule has 0 amide bonds. The fourth-order valence-electron chi connectivity index (χ4n) is 4.12. The third kappa shape index (κ3) is 26.8. The van der Waals surface area contributed by atoms with Gasteiger partial charge in [0.2, 0.25) is 0 Å². The molecule has 7 nitrogen and oxygen atoms in total. The van der Waals surface area contributed by atoms with Crippen molar-refractivity contribution in [2.75, 3.05) is 0 Å². The van der Waals surface area contributed by atoms with Crippen molar-refractivity contribution in [1.29, 1.82) is 0 Å². The number of nitrogens with zero attached hydrogens (tertiary/aromatic N) is 7. The smallest absolute Gasteiger partial charge is 0.125 e. The van der Waals surface area contributed by atoms with E-state index in [1.54, 1.807) is 0 Å². The molecule has 0 aliphatic heterocycles. The van der Waals surface area contributed by atoms with Crippen LogP contribution in [-0.4, -0.2) is 35.1 Å².